The number of hydrogen-bond acceptors (Lipinski definition) is 5. The van der Waals surface area contributed by atoms with Crippen LogP contribution >= 0.6 is 11.6 Å². The number of pyridine rings is 1. The third-order valence-corrected chi connectivity index (χ3v) is 3.42. The highest BCUT2D eigenvalue weighted by Gasteiger charge is 2.36. The number of β-amino-alcohol motifs (C(OH)–C–C–N with tert-alkyl or cyclic N) is 1. The fourth-order valence-electron chi connectivity index (χ4n) is 2.19. The molecule has 1 fully saturated rings. The van der Waals surface area contributed by atoms with Crippen LogP contribution in [0.15, 0.2) is 18.5 Å². The first kappa shape index (κ1) is 13.3. The number of rotatable bonds is 3. The average Bonchev–Trinajstić information content (AvgIpc) is 2.72. The van der Waals surface area contributed by atoms with Gasteiger partial charge in [0.25, 0.3) is 0 Å². The van der Waals surface area contributed by atoms with E-state index in [0.717, 1.165) is 5.56 Å². The zero-order valence-corrected chi connectivity index (χ0v) is 10.8. The van der Waals surface area contributed by atoms with Gasteiger partial charge in [0, 0.05) is 31.9 Å². The van der Waals surface area contributed by atoms with Crippen molar-refractivity contribution >= 4 is 17.6 Å². The van der Waals surface area contributed by atoms with Gasteiger partial charge in [0.15, 0.2) is 0 Å². The predicted molar refractivity (Wildman–Crippen MR) is 66.1 cm³/mol. The number of methoxy groups -OCH3 is 1. The van der Waals surface area contributed by atoms with Crippen LogP contribution in [0.4, 0.5) is 0 Å². The summed E-state index contributed by atoms with van der Waals surface area (Å²) in [5.41, 5.74) is 0.884. The van der Waals surface area contributed by atoms with E-state index < -0.39 is 12.1 Å². The summed E-state index contributed by atoms with van der Waals surface area (Å²) in [6.45, 7) is 0.941. The van der Waals surface area contributed by atoms with E-state index in [0.29, 0.717) is 24.5 Å². The molecule has 0 saturated carbocycles. The van der Waals surface area contributed by atoms with Gasteiger partial charge >= 0.3 is 5.97 Å². The van der Waals surface area contributed by atoms with Crippen LogP contribution in [0.5, 0.6) is 0 Å². The first-order valence-electron chi connectivity index (χ1n) is 5.70. The Labute approximate surface area is 110 Å². The monoisotopic (exact) mass is 270 g/mol. The Hall–Kier alpha value is -1.17. The van der Waals surface area contributed by atoms with Crippen LogP contribution in [-0.2, 0) is 16.1 Å². The third kappa shape index (κ3) is 2.80. The van der Waals surface area contributed by atoms with Crippen molar-refractivity contribution in [2.45, 2.75) is 25.1 Å². The second-order valence-electron chi connectivity index (χ2n) is 4.33. The third-order valence-electron chi connectivity index (χ3n) is 3.08. The standard InChI is InChI=1S/C12H15ClN2O3/c1-18-12(17)11-4-9(16)7-15(11)6-8-2-3-14-5-10(8)13/h2-3,5,9,11,16H,4,6-7H2,1H3/t9-,11+/m1/s1. The number of hydrogen-bond donors (Lipinski definition) is 1. The summed E-state index contributed by atoms with van der Waals surface area (Å²) in [6.07, 6.45) is 3.11. The lowest BCUT2D eigenvalue weighted by molar-refractivity contribution is -0.146. The van der Waals surface area contributed by atoms with Crippen molar-refractivity contribution in [3.05, 3.63) is 29.0 Å². The molecule has 1 aromatic heterocycles. The SMILES string of the molecule is COC(=O)[C@@H]1C[C@@H](O)CN1Cc1ccncc1Cl. The van der Waals surface area contributed by atoms with Gasteiger partial charge < -0.3 is 9.84 Å². The molecule has 18 heavy (non-hydrogen) atoms. The number of likely N-dealkylation sites (tertiary alicyclic amines) is 1. The minimum atomic E-state index is -0.505. The molecule has 1 aliphatic heterocycles. The van der Waals surface area contributed by atoms with E-state index in [9.17, 15) is 9.90 Å². The number of carbonyl (C=O) groups is 1. The number of ether oxygens (including phenoxy) is 1. The van der Waals surface area contributed by atoms with E-state index in [4.69, 9.17) is 16.3 Å². The number of aliphatic hydroxyl groups excluding tert-OH is 1. The maximum Gasteiger partial charge on any atom is 0.323 e. The molecule has 1 N–H and O–H groups in total. The summed E-state index contributed by atoms with van der Waals surface area (Å²) in [7, 11) is 1.35. The van der Waals surface area contributed by atoms with E-state index in [-0.39, 0.29) is 5.97 Å². The lowest BCUT2D eigenvalue weighted by Crippen LogP contribution is -2.36. The van der Waals surface area contributed by atoms with Crippen molar-refractivity contribution in [2.24, 2.45) is 0 Å². The molecule has 0 unspecified atom stereocenters. The van der Waals surface area contributed by atoms with Crippen LogP contribution in [0.1, 0.15) is 12.0 Å². The summed E-state index contributed by atoms with van der Waals surface area (Å²) in [4.78, 5) is 17.4. The molecule has 2 rings (SSSR count). The van der Waals surface area contributed by atoms with Gasteiger partial charge in [-0.2, -0.15) is 0 Å². The van der Waals surface area contributed by atoms with Crippen molar-refractivity contribution in [3.63, 3.8) is 0 Å². The van der Waals surface area contributed by atoms with Crippen LogP contribution in [0.25, 0.3) is 0 Å². The van der Waals surface area contributed by atoms with Crippen LogP contribution in [-0.4, -0.2) is 46.8 Å². The summed E-state index contributed by atoms with van der Waals surface area (Å²) in [6, 6.07) is 1.40. The van der Waals surface area contributed by atoms with Gasteiger partial charge in [-0.25, -0.2) is 0 Å². The molecule has 0 aliphatic carbocycles. The first-order chi connectivity index (χ1) is 8.61. The molecule has 1 aliphatic rings. The maximum absolute atomic E-state index is 11.6. The van der Waals surface area contributed by atoms with Gasteiger partial charge in [-0.1, -0.05) is 11.6 Å². The molecule has 1 saturated heterocycles. The van der Waals surface area contributed by atoms with Crippen LogP contribution < -0.4 is 0 Å². The minimum absolute atomic E-state index is 0.322. The fraction of sp³-hybridized carbons (Fsp3) is 0.500. The zero-order chi connectivity index (χ0) is 13.1. The maximum atomic E-state index is 11.6. The number of halogens is 1. The van der Waals surface area contributed by atoms with Crippen LogP contribution in [0.3, 0.4) is 0 Å². The number of carbonyl (C=O) groups excluding carboxylic acids is 1. The molecule has 6 heteroatoms. The summed E-state index contributed by atoms with van der Waals surface area (Å²) in [5, 5.41) is 10.2. The summed E-state index contributed by atoms with van der Waals surface area (Å²) >= 11 is 6.03. The Morgan fingerprint density at radius 3 is 3.17 bits per heavy atom. The Kier molecular flexibility index (Phi) is 4.16. The molecule has 0 aromatic carbocycles. The lowest BCUT2D eigenvalue weighted by Gasteiger charge is -2.22. The van der Waals surface area contributed by atoms with E-state index in [1.165, 1.54) is 7.11 Å². The first-order valence-corrected chi connectivity index (χ1v) is 6.08. The van der Waals surface area contributed by atoms with E-state index in [2.05, 4.69) is 4.98 Å². The highest BCUT2D eigenvalue weighted by molar-refractivity contribution is 6.31. The molecule has 0 radical (unpaired) electrons. The molecule has 2 atom stereocenters. The zero-order valence-electron chi connectivity index (χ0n) is 10.0. The average molecular weight is 271 g/mol. The Morgan fingerprint density at radius 1 is 1.72 bits per heavy atom. The van der Waals surface area contributed by atoms with Gasteiger partial charge in [0.1, 0.15) is 6.04 Å². The van der Waals surface area contributed by atoms with Crippen molar-refractivity contribution < 1.29 is 14.6 Å². The second kappa shape index (κ2) is 5.65. The van der Waals surface area contributed by atoms with Gasteiger partial charge in [0.05, 0.1) is 18.2 Å². The Morgan fingerprint density at radius 2 is 2.50 bits per heavy atom. The number of aromatic nitrogens is 1. The normalized spacial score (nSPS) is 24.2. The lowest BCUT2D eigenvalue weighted by atomic mass is 10.2. The largest absolute Gasteiger partial charge is 0.468 e. The summed E-state index contributed by atoms with van der Waals surface area (Å²) in [5.74, 6) is -0.322. The Bertz CT molecular complexity index is 441. The molecule has 5 nitrogen and oxygen atoms in total. The molecule has 2 heterocycles. The minimum Gasteiger partial charge on any atom is -0.468 e. The van der Waals surface area contributed by atoms with Crippen molar-refractivity contribution in [1.29, 1.82) is 0 Å². The quantitative estimate of drug-likeness (QED) is 0.825. The molecule has 1 aromatic rings. The topological polar surface area (TPSA) is 62.7 Å². The highest BCUT2D eigenvalue weighted by Crippen LogP contribution is 2.24. The van der Waals surface area contributed by atoms with E-state index in [1.54, 1.807) is 18.5 Å². The van der Waals surface area contributed by atoms with Gasteiger partial charge in [-0.05, 0) is 11.6 Å². The molecule has 0 amide bonds. The number of aliphatic hydroxyl groups is 1. The molecule has 98 valence electrons. The van der Waals surface area contributed by atoms with Crippen LogP contribution in [0, 0.1) is 0 Å². The van der Waals surface area contributed by atoms with Crippen molar-refractivity contribution in [2.75, 3.05) is 13.7 Å². The predicted octanol–water partition coefficient (Wildman–Crippen LogP) is 0.843. The van der Waals surface area contributed by atoms with Crippen LogP contribution in [0.2, 0.25) is 5.02 Å². The Balaban J connectivity index is 2.12. The molecule has 0 bridgehead atoms. The van der Waals surface area contributed by atoms with Gasteiger partial charge in [-0.3, -0.25) is 14.7 Å². The second-order valence-corrected chi connectivity index (χ2v) is 4.73. The van der Waals surface area contributed by atoms with E-state index >= 15 is 0 Å². The molecule has 0 spiro atoms. The molecular formula is C12H15ClN2O3. The van der Waals surface area contributed by atoms with Crippen molar-refractivity contribution in [1.82, 2.24) is 9.88 Å². The van der Waals surface area contributed by atoms with Gasteiger partial charge in [0.2, 0.25) is 0 Å². The van der Waals surface area contributed by atoms with Crippen molar-refractivity contribution in [3.8, 4) is 0 Å². The van der Waals surface area contributed by atoms with Gasteiger partial charge in [-0.15, -0.1) is 0 Å². The van der Waals surface area contributed by atoms with E-state index in [1.807, 2.05) is 4.90 Å². The smallest absolute Gasteiger partial charge is 0.323 e. The fourth-order valence-corrected chi connectivity index (χ4v) is 2.37. The number of nitrogens with zero attached hydrogens (tertiary/aromatic N) is 2. The summed E-state index contributed by atoms with van der Waals surface area (Å²) < 4.78 is 4.74. The highest BCUT2D eigenvalue weighted by atomic mass is 35.5. The molecular weight excluding hydrogens is 256 g/mol. The number of esters is 1.